The van der Waals surface area contributed by atoms with Crippen molar-refractivity contribution >= 4 is 6.09 Å². The molecule has 0 aromatic carbocycles. The van der Waals surface area contributed by atoms with Gasteiger partial charge in [0, 0.05) is 13.7 Å². The number of hydrogen-bond donors (Lipinski definition) is 0. The van der Waals surface area contributed by atoms with Crippen LogP contribution in [-0.2, 0) is 9.47 Å². The molecule has 0 radical (unpaired) electrons. The predicted molar refractivity (Wildman–Crippen MR) is 43.7 cm³/mol. The average Bonchev–Trinajstić information content (AvgIpc) is 2.16. The first-order chi connectivity index (χ1) is 5.79. The van der Waals surface area contributed by atoms with E-state index in [1.165, 1.54) is 7.11 Å². The molecule has 0 saturated carbocycles. The van der Waals surface area contributed by atoms with Crippen LogP contribution in [-0.4, -0.2) is 38.0 Å². The molecular weight excluding hydrogens is 158 g/mol. The molecule has 0 spiro atoms. The van der Waals surface area contributed by atoms with E-state index in [-0.39, 0.29) is 12.3 Å². The number of carbonyl (C=O) groups excluding carboxylic acids is 1. The lowest BCUT2D eigenvalue weighted by Gasteiger charge is -2.29. The molecule has 0 saturated heterocycles. The van der Waals surface area contributed by atoms with Gasteiger partial charge in [-0.1, -0.05) is 6.08 Å². The van der Waals surface area contributed by atoms with Crippen LogP contribution in [0.4, 0.5) is 4.79 Å². The molecule has 1 atom stereocenters. The van der Waals surface area contributed by atoms with Crippen molar-refractivity contribution in [2.24, 2.45) is 0 Å². The molecule has 1 aliphatic rings. The lowest BCUT2D eigenvalue weighted by atomic mass is 10.2. The summed E-state index contributed by atoms with van der Waals surface area (Å²) < 4.78 is 9.66. The quantitative estimate of drug-likeness (QED) is 0.552. The summed E-state index contributed by atoms with van der Waals surface area (Å²) >= 11 is 0. The number of amides is 1. The van der Waals surface area contributed by atoms with Crippen molar-refractivity contribution in [1.82, 2.24) is 4.90 Å². The largest absolute Gasteiger partial charge is 0.453 e. The molecule has 12 heavy (non-hydrogen) atoms. The SMILES string of the molecule is COC(=O)N1CCC=C[C@@H]1OC. The van der Waals surface area contributed by atoms with Gasteiger partial charge in [-0.3, -0.25) is 4.90 Å². The van der Waals surface area contributed by atoms with Crippen LogP contribution in [0.2, 0.25) is 0 Å². The molecule has 1 rings (SSSR count). The van der Waals surface area contributed by atoms with Crippen LogP contribution >= 0.6 is 0 Å². The molecule has 1 heterocycles. The highest BCUT2D eigenvalue weighted by Crippen LogP contribution is 2.11. The first-order valence-electron chi connectivity index (χ1n) is 3.83. The monoisotopic (exact) mass is 171 g/mol. The van der Waals surface area contributed by atoms with Crippen LogP contribution in [0, 0.1) is 0 Å². The van der Waals surface area contributed by atoms with Crippen molar-refractivity contribution in [1.29, 1.82) is 0 Å². The molecule has 0 aromatic rings. The van der Waals surface area contributed by atoms with Gasteiger partial charge in [0.25, 0.3) is 0 Å². The smallest absolute Gasteiger partial charge is 0.411 e. The van der Waals surface area contributed by atoms with Crippen molar-refractivity contribution in [2.75, 3.05) is 20.8 Å². The van der Waals surface area contributed by atoms with Gasteiger partial charge >= 0.3 is 6.09 Å². The van der Waals surface area contributed by atoms with Crippen molar-refractivity contribution in [2.45, 2.75) is 12.6 Å². The minimum Gasteiger partial charge on any atom is -0.453 e. The fourth-order valence-corrected chi connectivity index (χ4v) is 1.18. The molecule has 4 heteroatoms. The summed E-state index contributed by atoms with van der Waals surface area (Å²) in [6.07, 6.45) is 4.08. The molecule has 0 N–H and O–H groups in total. The maximum absolute atomic E-state index is 11.1. The summed E-state index contributed by atoms with van der Waals surface area (Å²) in [5.41, 5.74) is 0. The normalized spacial score (nSPS) is 22.5. The molecule has 0 aliphatic carbocycles. The van der Waals surface area contributed by atoms with Gasteiger partial charge in [0.1, 0.15) is 0 Å². The van der Waals surface area contributed by atoms with Gasteiger partial charge in [-0.25, -0.2) is 4.79 Å². The van der Waals surface area contributed by atoms with Gasteiger partial charge in [0.05, 0.1) is 7.11 Å². The van der Waals surface area contributed by atoms with Crippen LogP contribution < -0.4 is 0 Å². The fourth-order valence-electron chi connectivity index (χ4n) is 1.18. The van der Waals surface area contributed by atoms with Gasteiger partial charge in [-0.05, 0) is 12.5 Å². The zero-order valence-corrected chi connectivity index (χ0v) is 7.32. The van der Waals surface area contributed by atoms with E-state index in [9.17, 15) is 4.79 Å². The summed E-state index contributed by atoms with van der Waals surface area (Å²) in [6.45, 7) is 0.654. The Kier molecular flexibility index (Phi) is 3.10. The second-order valence-corrected chi connectivity index (χ2v) is 2.51. The van der Waals surface area contributed by atoms with E-state index in [0.29, 0.717) is 6.54 Å². The third kappa shape index (κ3) is 1.76. The highest BCUT2D eigenvalue weighted by atomic mass is 16.6. The minimum absolute atomic E-state index is 0.272. The second kappa shape index (κ2) is 4.11. The zero-order chi connectivity index (χ0) is 8.97. The Hall–Kier alpha value is -1.03. The molecule has 1 aliphatic heterocycles. The van der Waals surface area contributed by atoms with E-state index < -0.39 is 0 Å². The number of ether oxygens (including phenoxy) is 2. The third-order valence-electron chi connectivity index (χ3n) is 1.80. The van der Waals surface area contributed by atoms with Crippen LogP contribution in [0.3, 0.4) is 0 Å². The van der Waals surface area contributed by atoms with Crippen LogP contribution in [0.5, 0.6) is 0 Å². The summed E-state index contributed by atoms with van der Waals surface area (Å²) in [5.74, 6) is 0. The standard InChI is InChI=1S/C8H13NO3/c1-11-7-5-3-4-6-9(7)8(10)12-2/h3,5,7H,4,6H2,1-2H3/t7-/m0/s1. The van der Waals surface area contributed by atoms with Gasteiger partial charge in [0.15, 0.2) is 6.23 Å². The van der Waals surface area contributed by atoms with Gasteiger partial charge in [-0.15, -0.1) is 0 Å². The van der Waals surface area contributed by atoms with Crippen molar-refractivity contribution in [3.8, 4) is 0 Å². The first-order valence-corrected chi connectivity index (χ1v) is 3.83. The maximum Gasteiger partial charge on any atom is 0.411 e. The lowest BCUT2D eigenvalue weighted by Crippen LogP contribution is -2.42. The Morgan fingerprint density at radius 1 is 1.58 bits per heavy atom. The van der Waals surface area contributed by atoms with Crippen molar-refractivity contribution in [3.05, 3.63) is 12.2 Å². The van der Waals surface area contributed by atoms with E-state index in [0.717, 1.165) is 6.42 Å². The molecule has 0 bridgehead atoms. The zero-order valence-electron chi connectivity index (χ0n) is 7.32. The van der Waals surface area contributed by atoms with Gasteiger partial charge in [-0.2, -0.15) is 0 Å². The third-order valence-corrected chi connectivity index (χ3v) is 1.80. The maximum atomic E-state index is 11.1. The van der Waals surface area contributed by atoms with E-state index >= 15 is 0 Å². The molecule has 4 nitrogen and oxygen atoms in total. The van der Waals surface area contributed by atoms with E-state index in [1.54, 1.807) is 12.0 Å². The topological polar surface area (TPSA) is 38.8 Å². The van der Waals surface area contributed by atoms with Crippen molar-refractivity contribution < 1.29 is 14.3 Å². The van der Waals surface area contributed by atoms with Crippen LogP contribution in [0.25, 0.3) is 0 Å². The lowest BCUT2D eigenvalue weighted by molar-refractivity contribution is 0.000937. The Morgan fingerprint density at radius 3 is 2.92 bits per heavy atom. The Bertz CT molecular complexity index is 191. The molecule has 0 fully saturated rings. The molecule has 1 amide bonds. The Balaban J connectivity index is 2.62. The fraction of sp³-hybridized carbons (Fsp3) is 0.625. The Labute approximate surface area is 71.7 Å². The highest BCUT2D eigenvalue weighted by Gasteiger charge is 2.23. The first kappa shape index (κ1) is 9.06. The minimum atomic E-state index is -0.341. The van der Waals surface area contributed by atoms with Crippen LogP contribution in [0.1, 0.15) is 6.42 Å². The van der Waals surface area contributed by atoms with E-state index in [1.807, 2.05) is 12.2 Å². The Morgan fingerprint density at radius 2 is 2.33 bits per heavy atom. The van der Waals surface area contributed by atoms with Gasteiger partial charge in [0.2, 0.25) is 0 Å². The summed E-state index contributed by atoms with van der Waals surface area (Å²) in [6, 6.07) is 0. The highest BCUT2D eigenvalue weighted by molar-refractivity contribution is 5.68. The summed E-state index contributed by atoms with van der Waals surface area (Å²) in [7, 11) is 2.93. The van der Waals surface area contributed by atoms with E-state index in [2.05, 4.69) is 4.74 Å². The number of carbonyl (C=O) groups is 1. The molecule has 0 aromatic heterocycles. The average molecular weight is 171 g/mol. The van der Waals surface area contributed by atoms with Crippen LogP contribution in [0.15, 0.2) is 12.2 Å². The summed E-state index contributed by atoms with van der Waals surface area (Å²) in [4.78, 5) is 12.7. The molecular formula is C8H13NO3. The second-order valence-electron chi connectivity index (χ2n) is 2.51. The number of nitrogens with zero attached hydrogens (tertiary/aromatic N) is 1. The number of methoxy groups -OCH3 is 2. The predicted octanol–water partition coefficient (Wildman–Crippen LogP) is 0.987. The number of hydrogen-bond acceptors (Lipinski definition) is 3. The summed E-state index contributed by atoms with van der Waals surface area (Å²) in [5, 5.41) is 0. The molecule has 68 valence electrons. The number of rotatable bonds is 1. The molecule has 0 unspecified atom stereocenters. The van der Waals surface area contributed by atoms with E-state index in [4.69, 9.17) is 4.74 Å². The van der Waals surface area contributed by atoms with Crippen molar-refractivity contribution in [3.63, 3.8) is 0 Å². The van der Waals surface area contributed by atoms with Gasteiger partial charge < -0.3 is 9.47 Å².